The molecule has 0 aliphatic rings. The van der Waals surface area contributed by atoms with E-state index in [4.69, 9.17) is 22.6 Å². The molecule has 6 heteroatoms. The van der Waals surface area contributed by atoms with E-state index in [-0.39, 0.29) is 28.4 Å². The van der Waals surface area contributed by atoms with Gasteiger partial charge >= 0.3 is 0 Å². The zero-order chi connectivity index (χ0) is 10.7. The standard InChI is InChI=1S/C8H6ClF2N3/c9-7-4(1-12)5(8(10)11)3-14-6(7)2-13/h3,8H,1,12H2. The maximum atomic E-state index is 12.4. The van der Waals surface area contributed by atoms with Gasteiger partial charge in [0.25, 0.3) is 6.43 Å². The predicted molar refractivity (Wildman–Crippen MR) is 46.8 cm³/mol. The van der Waals surface area contributed by atoms with E-state index < -0.39 is 6.43 Å². The Kier molecular flexibility index (Phi) is 3.33. The third-order valence-corrected chi connectivity index (χ3v) is 2.11. The lowest BCUT2D eigenvalue weighted by Gasteiger charge is -2.08. The summed E-state index contributed by atoms with van der Waals surface area (Å²) >= 11 is 5.66. The monoisotopic (exact) mass is 217 g/mol. The van der Waals surface area contributed by atoms with Gasteiger partial charge in [-0.15, -0.1) is 0 Å². The van der Waals surface area contributed by atoms with Crippen molar-refractivity contribution in [3.63, 3.8) is 0 Å². The van der Waals surface area contributed by atoms with Crippen LogP contribution in [0.3, 0.4) is 0 Å². The molecule has 0 bridgehead atoms. The predicted octanol–water partition coefficient (Wildman–Crippen LogP) is 2.00. The van der Waals surface area contributed by atoms with Crippen LogP contribution >= 0.6 is 11.6 Å². The number of pyridine rings is 1. The van der Waals surface area contributed by atoms with Gasteiger partial charge in [0.2, 0.25) is 0 Å². The molecule has 0 aliphatic heterocycles. The highest BCUT2D eigenvalue weighted by Gasteiger charge is 2.17. The van der Waals surface area contributed by atoms with Crippen LogP contribution in [-0.4, -0.2) is 4.98 Å². The summed E-state index contributed by atoms with van der Waals surface area (Å²) in [5.41, 5.74) is 4.93. The van der Waals surface area contributed by atoms with Crippen LogP contribution in [0.15, 0.2) is 6.20 Å². The van der Waals surface area contributed by atoms with Crippen molar-refractivity contribution in [2.24, 2.45) is 5.73 Å². The molecule has 3 nitrogen and oxygen atoms in total. The fraction of sp³-hybridized carbons (Fsp3) is 0.250. The minimum atomic E-state index is -2.69. The smallest absolute Gasteiger partial charge is 0.265 e. The van der Waals surface area contributed by atoms with Crippen molar-refractivity contribution in [2.75, 3.05) is 0 Å². The first kappa shape index (κ1) is 10.8. The normalized spacial score (nSPS) is 10.3. The second kappa shape index (κ2) is 4.31. The quantitative estimate of drug-likeness (QED) is 0.824. The summed E-state index contributed by atoms with van der Waals surface area (Å²) in [5.74, 6) is 0. The average Bonchev–Trinajstić information content (AvgIpc) is 2.17. The number of rotatable bonds is 2. The number of hydrogen-bond donors (Lipinski definition) is 1. The molecule has 0 aliphatic carbocycles. The number of aromatic nitrogens is 1. The molecule has 0 saturated heterocycles. The number of nitrogens with zero attached hydrogens (tertiary/aromatic N) is 2. The number of hydrogen-bond acceptors (Lipinski definition) is 3. The average molecular weight is 218 g/mol. The molecule has 0 amide bonds. The molecule has 0 spiro atoms. The van der Waals surface area contributed by atoms with E-state index in [2.05, 4.69) is 4.98 Å². The first-order valence-corrected chi connectivity index (χ1v) is 4.05. The molecule has 0 fully saturated rings. The van der Waals surface area contributed by atoms with Gasteiger partial charge in [0, 0.05) is 18.3 Å². The second-order valence-electron chi connectivity index (χ2n) is 2.47. The molecule has 1 rings (SSSR count). The van der Waals surface area contributed by atoms with E-state index in [0.717, 1.165) is 6.20 Å². The zero-order valence-electron chi connectivity index (χ0n) is 6.97. The molecular weight excluding hydrogens is 212 g/mol. The van der Waals surface area contributed by atoms with Gasteiger partial charge < -0.3 is 5.73 Å². The van der Waals surface area contributed by atoms with Gasteiger partial charge in [-0.3, -0.25) is 0 Å². The highest BCUT2D eigenvalue weighted by Crippen LogP contribution is 2.28. The molecule has 1 aromatic heterocycles. The van der Waals surface area contributed by atoms with Gasteiger partial charge in [-0.1, -0.05) is 11.6 Å². The molecule has 14 heavy (non-hydrogen) atoms. The number of alkyl halides is 2. The van der Waals surface area contributed by atoms with Gasteiger partial charge in [-0.05, 0) is 5.56 Å². The largest absolute Gasteiger partial charge is 0.326 e. The lowest BCUT2D eigenvalue weighted by Crippen LogP contribution is -2.05. The lowest BCUT2D eigenvalue weighted by atomic mass is 10.1. The molecule has 1 heterocycles. The van der Waals surface area contributed by atoms with Crippen molar-refractivity contribution in [1.29, 1.82) is 5.26 Å². The Balaban J connectivity index is 3.38. The molecule has 0 radical (unpaired) electrons. The molecule has 1 aromatic rings. The van der Waals surface area contributed by atoms with Crippen LogP contribution in [0, 0.1) is 11.3 Å². The van der Waals surface area contributed by atoms with Crippen molar-refractivity contribution in [1.82, 2.24) is 4.98 Å². The Morgan fingerprint density at radius 1 is 1.64 bits per heavy atom. The molecular formula is C8H6ClF2N3. The molecule has 74 valence electrons. The fourth-order valence-electron chi connectivity index (χ4n) is 1.01. The van der Waals surface area contributed by atoms with Crippen LogP contribution in [0.4, 0.5) is 8.78 Å². The van der Waals surface area contributed by atoms with E-state index in [9.17, 15) is 8.78 Å². The van der Waals surface area contributed by atoms with Gasteiger partial charge in [0.15, 0.2) is 5.69 Å². The molecule has 0 unspecified atom stereocenters. The molecule has 2 N–H and O–H groups in total. The fourth-order valence-corrected chi connectivity index (χ4v) is 1.29. The van der Waals surface area contributed by atoms with E-state index in [1.54, 1.807) is 6.07 Å². The maximum Gasteiger partial charge on any atom is 0.265 e. The van der Waals surface area contributed by atoms with Crippen molar-refractivity contribution < 1.29 is 8.78 Å². The van der Waals surface area contributed by atoms with Crippen LogP contribution in [0.1, 0.15) is 23.2 Å². The molecule has 0 saturated carbocycles. The highest BCUT2D eigenvalue weighted by molar-refractivity contribution is 6.32. The number of nitrogens with two attached hydrogens (primary N) is 1. The molecule has 0 aromatic carbocycles. The van der Waals surface area contributed by atoms with Crippen LogP contribution in [0.25, 0.3) is 0 Å². The van der Waals surface area contributed by atoms with Gasteiger partial charge in [0.05, 0.1) is 5.02 Å². The van der Waals surface area contributed by atoms with E-state index in [1.165, 1.54) is 0 Å². The molecule has 0 atom stereocenters. The van der Waals surface area contributed by atoms with Crippen molar-refractivity contribution in [2.45, 2.75) is 13.0 Å². The van der Waals surface area contributed by atoms with E-state index in [0.29, 0.717) is 0 Å². The SMILES string of the molecule is N#Cc1ncc(C(F)F)c(CN)c1Cl. The zero-order valence-corrected chi connectivity index (χ0v) is 7.72. The van der Waals surface area contributed by atoms with E-state index >= 15 is 0 Å². The highest BCUT2D eigenvalue weighted by atomic mass is 35.5. The lowest BCUT2D eigenvalue weighted by molar-refractivity contribution is 0.150. The van der Waals surface area contributed by atoms with E-state index in [1.807, 2.05) is 0 Å². The Bertz CT molecular complexity index is 387. The Labute approximate surface area is 84.1 Å². The minimum absolute atomic E-state index is 0.0771. The summed E-state index contributed by atoms with van der Waals surface area (Å²) in [4.78, 5) is 3.50. The minimum Gasteiger partial charge on any atom is -0.326 e. The second-order valence-corrected chi connectivity index (χ2v) is 2.85. The van der Waals surface area contributed by atoms with Crippen LogP contribution in [0.5, 0.6) is 0 Å². The third kappa shape index (κ3) is 1.81. The van der Waals surface area contributed by atoms with Crippen molar-refractivity contribution in [3.8, 4) is 6.07 Å². The first-order chi connectivity index (χ1) is 6.61. The number of halogens is 3. The maximum absolute atomic E-state index is 12.4. The number of nitriles is 1. The summed E-state index contributed by atoms with van der Waals surface area (Å²) < 4.78 is 24.8. The summed E-state index contributed by atoms with van der Waals surface area (Å²) in [6.45, 7) is -0.143. The van der Waals surface area contributed by atoms with Gasteiger partial charge in [0.1, 0.15) is 6.07 Å². The van der Waals surface area contributed by atoms with Gasteiger partial charge in [-0.2, -0.15) is 5.26 Å². The topological polar surface area (TPSA) is 62.7 Å². The Hall–Kier alpha value is -1.25. The third-order valence-electron chi connectivity index (χ3n) is 1.70. The van der Waals surface area contributed by atoms with Crippen LogP contribution in [0.2, 0.25) is 5.02 Å². The summed E-state index contributed by atoms with van der Waals surface area (Å²) in [6, 6.07) is 1.69. The summed E-state index contributed by atoms with van der Waals surface area (Å²) in [6.07, 6.45) is -1.76. The Morgan fingerprint density at radius 3 is 2.71 bits per heavy atom. The van der Waals surface area contributed by atoms with Gasteiger partial charge in [-0.25, -0.2) is 13.8 Å². The van der Waals surface area contributed by atoms with Crippen molar-refractivity contribution >= 4 is 11.6 Å². The summed E-state index contributed by atoms with van der Waals surface area (Å²) in [7, 11) is 0. The van der Waals surface area contributed by atoms with Crippen molar-refractivity contribution in [3.05, 3.63) is 28.0 Å². The first-order valence-electron chi connectivity index (χ1n) is 3.67. The Morgan fingerprint density at radius 2 is 2.29 bits per heavy atom. The van der Waals surface area contributed by atoms with Crippen LogP contribution in [-0.2, 0) is 6.54 Å². The summed E-state index contributed by atoms with van der Waals surface area (Å²) in [5, 5.41) is 8.45. The van der Waals surface area contributed by atoms with Crippen LogP contribution < -0.4 is 5.73 Å².